The minimum Gasteiger partial charge on any atom is -0.394 e. The third kappa shape index (κ3) is 6.98. The lowest BCUT2D eigenvalue weighted by Crippen LogP contribution is -2.46. The zero-order valence-electron chi connectivity index (χ0n) is 26.7. The molecule has 4 amide bonds. The number of H-pyrrole nitrogens is 1. The number of nitrogens with one attached hydrogen (secondary N) is 4. The quantitative estimate of drug-likeness (QED) is 0.0559. The molecule has 1 aliphatic heterocycles. The molecule has 0 radical (unpaired) electrons. The first kappa shape index (κ1) is 34.4. The van der Waals surface area contributed by atoms with Gasteiger partial charge in [-0.05, 0) is 72.4 Å². The van der Waals surface area contributed by atoms with E-state index >= 15 is 0 Å². The number of aliphatic hydroxyl groups is 1. The number of aromatic nitrogens is 1. The van der Waals surface area contributed by atoms with Gasteiger partial charge < -0.3 is 41.6 Å². The third-order valence-corrected chi connectivity index (χ3v) is 9.00. The first-order valence-corrected chi connectivity index (χ1v) is 16.5. The van der Waals surface area contributed by atoms with E-state index in [1.165, 1.54) is 24.3 Å². The Kier molecular flexibility index (Phi) is 10.3. The molecular formula is C36H35ClN6O7. The number of hydrogen-bond donors (Lipinski definition) is 7. The van der Waals surface area contributed by atoms with E-state index in [9.17, 15) is 29.5 Å². The van der Waals surface area contributed by atoms with Gasteiger partial charge in [-0.3, -0.25) is 19.2 Å². The fraction of sp³-hybridized carbons (Fsp3) is 0.222. The molecule has 2 atom stereocenters. The first-order chi connectivity index (χ1) is 24.2. The summed E-state index contributed by atoms with van der Waals surface area (Å²) in [5, 5.41) is 29.4. The van der Waals surface area contributed by atoms with Crippen molar-refractivity contribution in [1.29, 1.82) is 0 Å². The van der Waals surface area contributed by atoms with Gasteiger partial charge in [0.25, 0.3) is 11.8 Å². The van der Waals surface area contributed by atoms with Gasteiger partial charge in [0.2, 0.25) is 11.8 Å². The number of benzene rings is 4. The van der Waals surface area contributed by atoms with Gasteiger partial charge >= 0.3 is 0 Å². The normalized spacial score (nSPS) is 14.3. The number of rotatable bonds is 12. The molecule has 14 heteroatoms. The molecule has 0 fully saturated rings. The van der Waals surface area contributed by atoms with Crippen molar-refractivity contribution in [2.45, 2.75) is 24.8 Å². The second-order valence-electron chi connectivity index (χ2n) is 11.9. The van der Waals surface area contributed by atoms with E-state index in [2.05, 4.69) is 25.8 Å². The van der Waals surface area contributed by atoms with Crippen molar-refractivity contribution in [2.24, 2.45) is 5.73 Å². The number of amides is 4. The summed E-state index contributed by atoms with van der Waals surface area (Å²) in [7, 11) is 0. The number of halogens is 1. The minimum atomic E-state index is -1.13. The van der Waals surface area contributed by atoms with E-state index in [0.29, 0.717) is 70.0 Å². The Balaban J connectivity index is 1.14. The molecular weight excluding hydrogens is 664 g/mol. The number of carbonyl (C=O) groups is 4. The summed E-state index contributed by atoms with van der Waals surface area (Å²) in [5.74, 6) is -1.27. The molecule has 1 aliphatic rings. The fourth-order valence-corrected chi connectivity index (χ4v) is 6.39. The van der Waals surface area contributed by atoms with Crippen LogP contribution in [0.5, 0.6) is 5.75 Å². The van der Waals surface area contributed by atoms with Gasteiger partial charge in [-0.15, -0.1) is 11.6 Å². The molecule has 4 aromatic carbocycles. The molecule has 0 saturated heterocycles. The maximum atomic E-state index is 13.9. The van der Waals surface area contributed by atoms with Gasteiger partial charge in [0.15, 0.2) is 5.75 Å². The number of hydrogen-bond acceptors (Lipinski definition) is 8. The zero-order valence-corrected chi connectivity index (χ0v) is 27.5. The van der Waals surface area contributed by atoms with Crippen LogP contribution in [0.1, 0.15) is 45.2 Å². The molecule has 6 rings (SSSR count). The monoisotopic (exact) mass is 698 g/mol. The molecule has 258 valence electrons. The van der Waals surface area contributed by atoms with E-state index in [-0.39, 0.29) is 24.0 Å². The van der Waals surface area contributed by atoms with Crippen LogP contribution in [0.4, 0.5) is 17.1 Å². The summed E-state index contributed by atoms with van der Waals surface area (Å²) in [6, 6.07) is 21.1. The highest BCUT2D eigenvalue weighted by Gasteiger charge is 2.35. The Hall–Kier alpha value is -5.47. The van der Waals surface area contributed by atoms with Gasteiger partial charge in [0, 0.05) is 64.1 Å². The number of carbonyl (C=O) groups excluding carboxylic acids is 4. The average molecular weight is 699 g/mol. The minimum absolute atomic E-state index is 0.124. The van der Waals surface area contributed by atoms with Crippen molar-refractivity contribution in [3.8, 4) is 5.75 Å². The number of aromatic amines is 1. The van der Waals surface area contributed by atoms with Gasteiger partial charge in [-0.25, -0.2) is 5.26 Å². The summed E-state index contributed by atoms with van der Waals surface area (Å²) in [6.07, 6.45) is 0.602. The lowest BCUT2D eigenvalue weighted by atomic mass is 9.95. The highest BCUT2D eigenvalue weighted by Crippen LogP contribution is 2.46. The summed E-state index contributed by atoms with van der Waals surface area (Å²) >= 11 is 6.36. The van der Waals surface area contributed by atoms with Crippen molar-refractivity contribution in [3.63, 3.8) is 0 Å². The summed E-state index contributed by atoms with van der Waals surface area (Å²) in [5.41, 5.74) is 9.15. The van der Waals surface area contributed by atoms with E-state index in [1.807, 2.05) is 24.3 Å². The molecule has 2 heterocycles. The molecule has 1 aromatic heterocycles. The fourth-order valence-electron chi connectivity index (χ4n) is 6.14. The van der Waals surface area contributed by atoms with E-state index in [1.54, 1.807) is 35.2 Å². The largest absolute Gasteiger partial charge is 0.394 e. The highest BCUT2D eigenvalue weighted by molar-refractivity contribution is 6.19. The number of nitrogens with zero attached hydrogens (tertiary/aromatic N) is 1. The standard InChI is InChI=1S/C36H35ClN6O7/c37-17-22-18-43(30-16-31(50-49)25-4-1-2-5-26(25)33(22)30)36(48)28-15-21-14-24(11-12-27(21)41-28)40-34(46)20-7-9-23(10-8-20)39-35(47)29(19-44)42-32(45)6-3-13-38/h1-2,4-5,7-12,14-16,22,29,41,44,49H,3,6,13,17-19,38H2,(H,39,47)(H,40,46)(H,42,45)/t22-,29+/m1/s1. The second-order valence-corrected chi connectivity index (χ2v) is 12.2. The molecule has 0 bridgehead atoms. The molecule has 8 N–H and O–H groups in total. The smallest absolute Gasteiger partial charge is 0.274 e. The van der Waals surface area contributed by atoms with Gasteiger partial charge in [0.1, 0.15) is 11.7 Å². The van der Waals surface area contributed by atoms with Crippen LogP contribution in [0, 0.1) is 0 Å². The van der Waals surface area contributed by atoms with Crippen LogP contribution in [0.3, 0.4) is 0 Å². The molecule has 13 nitrogen and oxygen atoms in total. The van der Waals surface area contributed by atoms with Crippen LogP contribution < -0.4 is 31.5 Å². The molecule has 0 unspecified atom stereocenters. The van der Waals surface area contributed by atoms with E-state index < -0.39 is 30.4 Å². The van der Waals surface area contributed by atoms with Crippen LogP contribution in [0.25, 0.3) is 21.7 Å². The summed E-state index contributed by atoms with van der Waals surface area (Å²) in [6.45, 7) is 0.101. The maximum Gasteiger partial charge on any atom is 0.274 e. The van der Waals surface area contributed by atoms with Crippen molar-refractivity contribution in [2.75, 3.05) is 41.1 Å². The maximum absolute atomic E-state index is 13.9. The second kappa shape index (κ2) is 15.0. The lowest BCUT2D eigenvalue weighted by Gasteiger charge is -2.18. The number of nitrogens with two attached hydrogens (primary N) is 1. The van der Waals surface area contributed by atoms with E-state index in [0.717, 1.165) is 10.9 Å². The Morgan fingerprint density at radius 2 is 1.72 bits per heavy atom. The van der Waals surface area contributed by atoms with Gasteiger partial charge in [-0.2, -0.15) is 0 Å². The van der Waals surface area contributed by atoms with Gasteiger partial charge in [-0.1, -0.05) is 24.3 Å². The molecule has 5 aromatic rings. The van der Waals surface area contributed by atoms with Crippen molar-refractivity contribution in [3.05, 3.63) is 95.7 Å². The Morgan fingerprint density at radius 1 is 0.980 bits per heavy atom. The summed E-state index contributed by atoms with van der Waals surface area (Å²) in [4.78, 5) is 60.9. The number of anilines is 3. The van der Waals surface area contributed by atoms with Crippen LogP contribution in [0.15, 0.2) is 78.9 Å². The predicted octanol–water partition coefficient (Wildman–Crippen LogP) is 4.56. The third-order valence-electron chi connectivity index (χ3n) is 8.62. The average Bonchev–Trinajstić information content (AvgIpc) is 3.74. The summed E-state index contributed by atoms with van der Waals surface area (Å²) < 4.78 is 0. The number of aliphatic hydroxyl groups excluding tert-OH is 1. The van der Waals surface area contributed by atoms with Crippen LogP contribution in [-0.2, 0) is 9.59 Å². The Labute approximate surface area is 291 Å². The molecule has 0 aliphatic carbocycles. The van der Waals surface area contributed by atoms with Crippen LogP contribution >= 0.6 is 11.6 Å². The van der Waals surface area contributed by atoms with Crippen LogP contribution in [-0.4, -0.2) is 70.6 Å². The highest BCUT2D eigenvalue weighted by atomic mass is 35.5. The molecule has 50 heavy (non-hydrogen) atoms. The predicted molar refractivity (Wildman–Crippen MR) is 191 cm³/mol. The SMILES string of the molecule is NCCCC(=O)N[C@@H](CO)C(=O)Nc1ccc(C(=O)Nc2ccc3[nH]c(C(=O)N4C[C@@H](CCl)c5c4cc(OO)c4ccccc54)cc3c2)cc1. The Bertz CT molecular complexity index is 2080. The first-order valence-electron chi connectivity index (χ1n) is 15.9. The van der Waals surface area contributed by atoms with Crippen molar-refractivity contribution < 1.29 is 34.4 Å². The van der Waals surface area contributed by atoms with Crippen molar-refractivity contribution >= 4 is 74.0 Å². The Morgan fingerprint density at radius 3 is 2.42 bits per heavy atom. The lowest BCUT2D eigenvalue weighted by molar-refractivity contribution is -0.136. The molecule has 0 saturated carbocycles. The number of alkyl halides is 1. The number of fused-ring (bicyclic) bond motifs is 4. The molecule has 0 spiro atoms. The topological polar surface area (TPSA) is 199 Å². The van der Waals surface area contributed by atoms with Crippen LogP contribution in [0.2, 0.25) is 0 Å². The van der Waals surface area contributed by atoms with Crippen molar-refractivity contribution in [1.82, 2.24) is 10.3 Å². The van der Waals surface area contributed by atoms with Gasteiger partial charge in [0.05, 0.1) is 12.3 Å². The zero-order chi connectivity index (χ0) is 35.4. The van der Waals surface area contributed by atoms with E-state index in [4.69, 9.17) is 17.3 Å².